The molecule has 0 fully saturated rings. The van der Waals surface area contributed by atoms with Gasteiger partial charge < -0.3 is 9.47 Å². The molecule has 106 valence electrons. The van der Waals surface area contributed by atoms with Crippen molar-refractivity contribution in [3.63, 3.8) is 0 Å². The highest BCUT2D eigenvalue weighted by Gasteiger charge is 2.37. The number of carbonyl (C=O) groups excluding carboxylic acids is 1. The molecule has 0 spiro atoms. The Morgan fingerprint density at radius 1 is 1.60 bits per heavy atom. The number of ether oxygens (including phenoxy) is 2. The predicted molar refractivity (Wildman–Crippen MR) is 74.7 cm³/mol. The van der Waals surface area contributed by atoms with Crippen LogP contribution in [0.15, 0.2) is 12.1 Å². The quantitative estimate of drug-likeness (QED) is 0.801. The number of fused-ring (bicyclic) bond motifs is 1. The van der Waals surface area contributed by atoms with E-state index in [1.54, 1.807) is 19.9 Å². The normalized spacial score (nSPS) is 15.7. The summed E-state index contributed by atoms with van der Waals surface area (Å²) >= 11 is 6.09. The summed E-state index contributed by atoms with van der Waals surface area (Å²) in [5.41, 5.74) is 0.569. The standard InChI is InChI=1S/C15H16ClNO3/c1-3-19-14(18)15(2,9-17)8-11-7-12(16)6-10-4-5-20-13(10)11/h6-7H,3-5,8H2,1-2H3. The van der Waals surface area contributed by atoms with Crippen LogP contribution in [-0.4, -0.2) is 19.2 Å². The van der Waals surface area contributed by atoms with Gasteiger partial charge in [-0.2, -0.15) is 5.26 Å². The van der Waals surface area contributed by atoms with Crippen molar-refractivity contribution < 1.29 is 14.3 Å². The fourth-order valence-corrected chi connectivity index (χ4v) is 2.57. The average Bonchev–Trinajstić information content (AvgIpc) is 2.87. The summed E-state index contributed by atoms with van der Waals surface area (Å²) in [6.45, 7) is 4.15. The van der Waals surface area contributed by atoms with Crippen molar-refractivity contribution in [3.05, 3.63) is 28.3 Å². The van der Waals surface area contributed by atoms with Gasteiger partial charge in [0.05, 0.1) is 19.3 Å². The van der Waals surface area contributed by atoms with Gasteiger partial charge in [-0.1, -0.05) is 11.6 Å². The van der Waals surface area contributed by atoms with Crippen LogP contribution >= 0.6 is 11.6 Å². The fraction of sp³-hybridized carbons (Fsp3) is 0.467. The average molecular weight is 294 g/mol. The molecular weight excluding hydrogens is 278 g/mol. The van der Waals surface area contributed by atoms with Gasteiger partial charge in [-0.15, -0.1) is 0 Å². The monoisotopic (exact) mass is 293 g/mol. The minimum Gasteiger partial charge on any atom is -0.493 e. The first kappa shape index (κ1) is 14.7. The van der Waals surface area contributed by atoms with E-state index in [-0.39, 0.29) is 13.0 Å². The van der Waals surface area contributed by atoms with E-state index < -0.39 is 11.4 Å². The number of benzene rings is 1. The summed E-state index contributed by atoms with van der Waals surface area (Å²) in [7, 11) is 0. The van der Waals surface area contributed by atoms with Crippen molar-refractivity contribution in [2.24, 2.45) is 5.41 Å². The molecule has 1 aliphatic rings. The molecule has 0 N–H and O–H groups in total. The molecule has 1 heterocycles. The van der Waals surface area contributed by atoms with Crippen LogP contribution < -0.4 is 4.74 Å². The molecule has 0 bridgehead atoms. The van der Waals surface area contributed by atoms with Crippen molar-refractivity contribution in [2.45, 2.75) is 26.7 Å². The maximum atomic E-state index is 12.0. The Kier molecular flexibility index (Phi) is 4.20. The second-order valence-corrected chi connectivity index (χ2v) is 5.43. The van der Waals surface area contributed by atoms with Gasteiger partial charge in [-0.05, 0) is 37.1 Å². The highest BCUT2D eigenvalue weighted by Crippen LogP contribution is 2.36. The third-order valence-electron chi connectivity index (χ3n) is 3.34. The molecule has 1 unspecified atom stereocenters. The summed E-state index contributed by atoms with van der Waals surface area (Å²) in [4.78, 5) is 12.0. The lowest BCUT2D eigenvalue weighted by atomic mass is 9.84. The van der Waals surface area contributed by atoms with Gasteiger partial charge in [0.1, 0.15) is 5.75 Å². The number of rotatable bonds is 4. The van der Waals surface area contributed by atoms with Crippen molar-refractivity contribution in [3.8, 4) is 11.8 Å². The van der Waals surface area contributed by atoms with Gasteiger partial charge in [-0.3, -0.25) is 4.79 Å². The maximum Gasteiger partial charge on any atom is 0.326 e. The van der Waals surface area contributed by atoms with E-state index in [1.165, 1.54) is 0 Å². The molecule has 0 amide bonds. The predicted octanol–water partition coefficient (Wildman–Crippen LogP) is 2.91. The highest BCUT2D eigenvalue weighted by molar-refractivity contribution is 6.30. The minimum absolute atomic E-state index is 0.227. The smallest absolute Gasteiger partial charge is 0.326 e. The van der Waals surface area contributed by atoms with E-state index >= 15 is 0 Å². The van der Waals surface area contributed by atoms with Gasteiger partial charge >= 0.3 is 5.97 Å². The van der Waals surface area contributed by atoms with Crippen molar-refractivity contribution in [1.29, 1.82) is 5.26 Å². The van der Waals surface area contributed by atoms with Gasteiger partial charge in [0.2, 0.25) is 0 Å². The third kappa shape index (κ3) is 2.73. The van der Waals surface area contributed by atoms with Crippen molar-refractivity contribution in [2.75, 3.05) is 13.2 Å². The molecule has 1 aliphatic heterocycles. The molecule has 0 aromatic heterocycles. The number of hydrogen-bond acceptors (Lipinski definition) is 4. The van der Waals surface area contributed by atoms with Crippen LogP contribution in [0.3, 0.4) is 0 Å². The van der Waals surface area contributed by atoms with E-state index in [2.05, 4.69) is 0 Å². The fourth-order valence-electron chi connectivity index (χ4n) is 2.31. The van der Waals surface area contributed by atoms with Crippen LogP contribution in [-0.2, 0) is 22.4 Å². The molecule has 1 aromatic rings. The second kappa shape index (κ2) is 5.72. The highest BCUT2D eigenvalue weighted by atomic mass is 35.5. The summed E-state index contributed by atoms with van der Waals surface area (Å²) < 4.78 is 10.6. The zero-order valence-corrected chi connectivity index (χ0v) is 12.3. The van der Waals surface area contributed by atoms with E-state index in [9.17, 15) is 10.1 Å². The number of hydrogen-bond donors (Lipinski definition) is 0. The Morgan fingerprint density at radius 3 is 3.00 bits per heavy atom. The van der Waals surface area contributed by atoms with Crippen LogP contribution in [0.1, 0.15) is 25.0 Å². The lowest BCUT2D eigenvalue weighted by molar-refractivity contribution is -0.151. The lowest BCUT2D eigenvalue weighted by Gasteiger charge is -2.20. The Labute approximate surface area is 123 Å². The summed E-state index contributed by atoms with van der Waals surface area (Å²) in [6, 6.07) is 5.66. The van der Waals surface area contributed by atoms with Gasteiger partial charge in [0, 0.05) is 17.9 Å². The summed E-state index contributed by atoms with van der Waals surface area (Å²) in [5.74, 6) is 0.231. The molecule has 0 saturated heterocycles. The Hall–Kier alpha value is -1.73. The first-order valence-corrected chi connectivity index (χ1v) is 6.90. The van der Waals surface area contributed by atoms with Gasteiger partial charge in [0.15, 0.2) is 5.41 Å². The lowest BCUT2D eigenvalue weighted by Crippen LogP contribution is -2.30. The maximum absolute atomic E-state index is 12.0. The molecule has 4 nitrogen and oxygen atoms in total. The zero-order valence-electron chi connectivity index (χ0n) is 11.5. The molecule has 5 heteroatoms. The van der Waals surface area contributed by atoms with E-state index in [0.717, 1.165) is 23.3 Å². The van der Waals surface area contributed by atoms with Crippen molar-refractivity contribution >= 4 is 17.6 Å². The van der Waals surface area contributed by atoms with Gasteiger partial charge in [0.25, 0.3) is 0 Å². The van der Waals surface area contributed by atoms with E-state index in [1.807, 2.05) is 12.1 Å². The Balaban J connectivity index is 2.34. The number of halogens is 1. The molecule has 1 atom stereocenters. The van der Waals surface area contributed by atoms with Crippen molar-refractivity contribution in [1.82, 2.24) is 0 Å². The first-order valence-electron chi connectivity index (χ1n) is 6.52. The number of nitrogens with zero attached hydrogens (tertiary/aromatic N) is 1. The SMILES string of the molecule is CCOC(=O)C(C)(C#N)Cc1cc(Cl)cc2c1OCC2. The third-order valence-corrected chi connectivity index (χ3v) is 3.56. The summed E-state index contributed by atoms with van der Waals surface area (Å²) in [5, 5.41) is 9.93. The molecule has 0 aliphatic carbocycles. The minimum atomic E-state index is -1.24. The van der Waals surface area contributed by atoms with Crippen LogP contribution in [0.2, 0.25) is 5.02 Å². The van der Waals surface area contributed by atoms with Gasteiger partial charge in [-0.25, -0.2) is 0 Å². The molecule has 0 radical (unpaired) electrons. The number of esters is 1. The van der Waals surface area contributed by atoms with Crippen LogP contribution in [0.5, 0.6) is 5.75 Å². The van der Waals surface area contributed by atoms with Crippen LogP contribution in [0, 0.1) is 16.7 Å². The molecule has 0 saturated carbocycles. The largest absolute Gasteiger partial charge is 0.493 e. The number of carbonyl (C=O) groups is 1. The Morgan fingerprint density at radius 2 is 2.35 bits per heavy atom. The zero-order chi connectivity index (χ0) is 14.8. The van der Waals surface area contributed by atoms with Crippen LogP contribution in [0.4, 0.5) is 0 Å². The second-order valence-electron chi connectivity index (χ2n) is 4.99. The van der Waals surface area contributed by atoms with E-state index in [0.29, 0.717) is 11.6 Å². The molecule has 20 heavy (non-hydrogen) atoms. The topological polar surface area (TPSA) is 59.3 Å². The summed E-state index contributed by atoms with van der Waals surface area (Å²) in [6.07, 6.45) is 1.02. The van der Waals surface area contributed by atoms with E-state index in [4.69, 9.17) is 21.1 Å². The van der Waals surface area contributed by atoms with Crippen LogP contribution in [0.25, 0.3) is 0 Å². The first-order chi connectivity index (χ1) is 9.50. The molecule has 1 aromatic carbocycles. The number of nitriles is 1. The molecular formula is C15H16ClNO3. The Bertz CT molecular complexity index is 579. The molecule has 2 rings (SSSR count).